The Balaban J connectivity index is 1.58. The Hall–Kier alpha value is -1.26. The average Bonchev–Trinajstić information content (AvgIpc) is 3.05. The third-order valence-electron chi connectivity index (χ3n) is 4.36. The molecule has 1 saturated carbocycles. The second-order valence-corrected chi connectivity index (χ2v) is 5.79. The number of nitrogens with one attached hydrogen (secondary N) is 1. The van der Waals surface area contributed by atoms with E-state index < -0.39 is 5.97 Å². The predicted molar refractivity (Wildman–Crippen MR) is 71.9 cm³/mol. The molecule has 0 bridgehead atoms. The lowest BCUT2D eigenvalue weighted by Gasteiger charge is -2.17. The van der Waals surface area contributed by atoms with Gasteiger partial charge >= 0.3 is 12.0 Å². The molecular weight excluding hydrogens is 244 g/mol. The Morgan fingerprint density at radius 1 is 1.21 bits per heavy atom. The van der Waals surface area contributed by atoms with E-state index in [9.17, 15) is 9.59 Å². The largest absolute Gasteiger partial charge is 0.481 e. The van der Waals surface area contributed by atoms with Gasteiger partial charge in [-0.1, -0.05) is 25.7 Å². The van der Waals surface area contributed by atoms with Crippen molar-refractivity contribution in [1.82, 2.24) is 10.2 Å². The van der Waals surface area contributed by atoms with Gasteiger partial charge in [-0.3, -0.25) is 4.79 Å². The van der Waals surface area contributed by atoms with E-state index in [2.05, 4.69) is 5.32 Å². The average molecular weight is 268 g/mol. The molecule has 5 nitrogen and oxygen atoms in total. The number of aliphatic carboxylic acids is 1. The number of amides is 2. The lowest BCUT2D eigenvalue weighted by molar-refractivity contribution is -0.141. The van der Waals surface area contributed by atoms with Crippen LogP contribution in [-0.2, 0) is 4.79 Å². The third-order valence-corrected chi connectivity index (χ3v) is 4.36. The van der Waals surface area contributed by atoms with Crippen molar-refractivity contribution in [3.05, 3.63) is 0 Å². The van der Waals surface area contributed by atoms with Crippen molar-refractivity contribution >= 4 is 12.0 Å². The molecule has 1 unspecified atom stereocenters. The van der Waals surface area contributed by atoms with Crippen LogP contribution in [0.5, 0.6) is 0 Å². The first-order chi connectivity index (χ1) is 9.16. The van der Waals surface area contributed by atoms with Crippen LogP contribution in [0.25, 0.3) is 0 Å². The van der Waals surface area contributed by atoms with Gasteiger partial charge in [-0.2, -0.15) is 0 Å². The molecule has 1 heterocycles. The molecule has 1 aliphatic heterocycles. The van der Waals surface area contributed by atoms with Crippen LogP contribution in [0.4, 0.5) is 4.79 Å². The number of rotatable bonds is 5. The lowest BCUT2D eigenvalue weighted by Crippen LogP contribution is -2.39. The van der Waals surface area contributed by atoms with Crippen LogP contribution < -0.4 is 5.32 Å². The monoisotopic (exact) mass is 268 g/mol. The molecule has 0 spiro atoms. The first kappa shape index (κ1) is 14.2. The number of hydrogen-bond acceptors (Lipinski definition) is 2. The maximum Gasteiger partial charge on any atom is 0.317 e. The van der Waals surface area contributed by atoms with Crippen molar-refractivity contribution in [2.75, 3.05) is 19.6 Å². The fraction of sp³-hybridized carbons (Fsp3) is 0.857. The summed E-state index contributed by atoms with van der Waals surface area (Å²) in [6.45, 7) is 1.62. The van der Waals surface area contributed by atoms with Gasteiger partial charge in [0.15, 0.2) is 0 Å². The van der Waals surface area contributed by atoms with Crippen LogP contribution in [0.1, 0.15) is 44.9 Å². The Morgan fingerprint density at radius 3 is 2.58 bits per heavy atom. The Labute approximate surface area is 114 Å². The van der Waals surface area contributed by atoms with E-state index in [-0.39, 0.29) is 11.9 Å². The fourth-order valence-corrected chi connectivity index (χ4v) is 3.14. The molecule has 1 saturated heterocycles. The van der Waals surface area contributed by atoms with Gasteiger partial charge < -0.3 is 15.3 Å². The number of hydrogen-bond donors (Lipinski definition) is 2. The van der Waals surface area contributed by atoms with Crippen LogP contribution >= 0.6 is 0 Å². The van der Waals surface area contributed by atoms with E-state index in [4.69, 9.17) is 5.11 Å². The summed E-state index contributed by atoms with van der Waals surface area (Å²) in [5, 5.41) is 11.8. The maximum absolute atomic E-state index is 11.8. The highest BCUT2D eigenvalue weighted by molar-refractivity contribution is 5.77. The van der Waals surface area contributed by atoms with Gasteiger partial charge in [-0.05, 0) is 25.2 Å². The van der Waals surface area contributed by atoms with Gasteiger partial charge in [-0.25, -0.2) is 4.79 Å². The number of carbonyl (C=O) groups is 2. The van der Waals surface area contributed by atoms with E-state index in [1.165, 1.54) is 32.1 Å². The molecule has 2 aliphatic rings. The summed E-state index contributed by atoms with van der Waals surface area (Å²) in [6.07, 6.45) is 8.24. The zero-order valence-corrected chi connectivity index (χ0v) is 11.4. The van der Waals surface area contributed by atoms with Gasteiger partial charge in [0.1, 0.15) is 0 Å². The van der Waals surface area contributed by atoms with Crippen LogP contribution in [0.15, 0.2) is 0 Å². The van der Waals surface area contributed by atoms with E-state index in [1.807, 2.05) is 0 Å². The van der Waals surface area contributed by atoms with E-state index >= 15 is 0 Å². The molecule has 19 heavy (non-hydrogen) atoms. The summed E-state index contributed by atoms with van der Waals surface area (Å²) in [7, 11) is 0. The quantitative estimate of drug-likeness (QED) is 0.750. The molecule has 2 amide bonds. The molecule has 1 atom stereocenters. The number of carbonyl (C=O) groups excluding carboxylic acids is 1. The van der Waals surface area contributed by atoms with Crippen molar-refractivity contribution in [2.24, 2.45) is 11.8 Å². The first-order valence-electron chi connectivity index (χ1n) is 7.42. The molecule has 0 aromatic carbocycles. The van der Waals surface area contributed by atoms with E-state index in [0.717, 1.165) is 12.3 Å². The van der Waals surface area contributed by atoms with Crippen molar-refractivity contribution < 1.29 is 14.7 Å². The topological polar surface area (TPSA) is 69.6 Å². The molecule has 0 aromatic rings. The normalized spacial score (nSPS) is 23.8. The summed E-state index contributed by atoms with van der Waals surface area (Å²) < 4.78 is 0. The summed E-state index contributed by atoms with van der Waals surface area (Å²) in [5.74, 6) is -0.319. The minimum atomic E-state index is -0.795. The van der Waals surface area contributed by atoms with Crippen LogP contribution in [0.3, 0.4) is 0 Å². The minimum Gasteiger partial charge on any atom is -0.481 e. The highest BCUT2D eigenvalue weighted by atomic mass is 16.4. The van der Waals surface area contributed by atoms with Crippen molar-refractivity contribution in [3.8, 4) is 0 Å². The number of likely N-dealkylation sites (tertiary alicyclic amines) is 1. The number of carboxylic acids is 1. The highest BCUT2D eigenvalue weighted by Crippen LogP contribution is 2.28. The molecule has 5 heteroatoms. The molecule has 2 fully saturated rings. The smallest absolute Gasteiger partial charge is 0.317 e. The minimum absolute atomic E-state index is 0.102. The summed E-state index contributed by atoms with van der Waals surface area (Å²) in [6, 6.07) is -0.102. The number of urea groups is 1. The molecule has 0 radical (unpaired) electrons. The van der Waals surface area contributed by atoms with E-state index in [1.54, 1.807) is 4.90 Å². The second kappa shape index (κ2) is 6.78. The standard InChI is InChI=1S/C14H24N2O3/c17-13(18)12-7-9-16(10-12)14(19)15-8-3-6-11-4-1-2-5-11/h11-12H,1-10H2,(H,15,19)(H,17,18). The first-order valence-corrected chi connectivity index (χ1v) is 7.42. The zero-order valence-electron chi connectivity index (χ0n) is 11.4. The molecular formula is C14H24N2O3. The highest BCUT2D eigenvalue weighted by Gasteiger charge is 2.30. The van der Waals surface area contributed by atoms with E-state index in [0.29, 0.717) is 26.1 Å². The van der Waals surface area contributed by atoms with Crippen LogP contribution in [0.2, 0.25) is 0 Å². The van der Waals surface area contributed by atoms with Crippen LogP contribution in [-0.4, -0.2) is 41.6 Å². The molecule has 2 N–H and O–H groups in total. The Kier molecular flexibility index (Phi) is 5.05. The van der Waals surface area contributed by atoms with Gasteiger partial charge in [0.2, 0.25) is 0 Å². The summed E-state index contributed by atoms with van der Waals surface area (Å²) in [4.78, 5) is 24.3. The fourth-order valence-electron chi connectivity index (χ4n) is 3.14. The summed E-state index contributed by atoms with van der Waals surface area (Å²) >= 11 is 0. The van der Waals surface area contributed by atoms with Crippen molar-refractivity contribution in [1.29, 1.82) is 0 Å². The van der Waals surface area contributed by atoms with Crippen molar-refractivity contribution in [3.63, 3.8) is 0 Å². The Bertz CT molecular complexity index is 327. The zero-order chi connectivity index (χ0) is 13.7. The molecule has 0 aromatic heterocycles. The SMILES string of the molecule is O=C(O)C1CCN(C(=O)NCCCC2CCCC2)C1. The molecule has 108 valence electrons. The lowest BCUT2D eigenvalue weighted by atomic mass is 10.0. The number of carboxylic acid groups (broad SMARTS) is 1. The maximum atomic E-state index is 11.8. The van der Waals surface area contributed by atoms with Crippen LogP contribution in [0, 0.1) is 11.8 Å². The Morgan fingerprint density at radius 2 is 1.95 bits per heavy atom. The summed E-state index contributed by atoms with van der Waals surface area (Å²) in [5.41, 5.74) is 0. The molecule has 2 rings (SSSR count). The van der Waals surface area contributed by atoms with Gasteiger partial charge in [0.05, 0.1) is 5.92 Å². The predicted octanol–water partition coefficient (Wildman–Crippen LogP) is 2.07. The second-order valence-electron chi connectivity index (χ2n) is 5.79. The van der Waals surface area contributed by atoms with Gasteiger partial charge in [0, 0.05) is 19.6 Å². The third kappa shape index (κ3) is 4.11. The van der Waals surface area contributed by atoms with Gasteiger partial charge in [0.25, 0.3) is 0 Å². The molecule has 1 aliphatic carbocycles. The van der Waals surface area contributed by atoms with Gasteiger partial charge in [-0.15, -0.1) is 0 Å². The van der Waals surface area contributed by atoms with Crippen molar-refractivity contribution in [2.45, 2.75) is 44.9 Å². The number of nitrogens with zero attached hydrogens (tertiary/aromatic N) is 1.